The molecule has 1 aliphatic rings. The Morgan fingerprint density at radius 3 is 2.46 bits per heavy atom. The number of nitrogens with zero attached hydrogens (tertiary/aromatic N) is 1. The minimum absolute atomic E-state index is 0.204. The topological polar surface area (TPSA) is 57.6 Å². The number of carboxylic acid groups (broad SMARTS) is 1. The van der Waals surface area contributed by atoms with E-state index in [9.17, 15) is 9.59 Å². The summed E-state index contributed by atoms with van der Waals surface area (Å²) >= 11 is 0. The minimum Gasteiger partial charge on any atom is -0.474 e. The monoisotopic (exact) mass is 185 g/mol. The summed E-state index contributed by atoms with van der Waals surface area (Å²) in [5.74, 6) is -2.07. The molecule has 1 N–H and O–H groups in total. The molecule has 0 aromatic carbocycles. The van der Waals surface area contributed by atoms with Gasteiger partial charge in [0.1, 0.15) is 0 Å². The van der Waals surface area contributed by atoms with Crippen molar-refractivity contribution in [1.82, 2.24) is 4.90 Å². The van der Waals surface area contributed by atoms with Crippen LogP contribution < -0.4 is 0 Å². The van der Waals surface area contributed by atoms with Gasteiger partial charge in [0.25, 0.3) is 0 Å². The van der Waals surface area contributed by atoms with Crippen LogP contribution in [-0.4, -0.2) is 34.5 Å². The highest BCUT2D eigenvalue weighted by Gasteiger charge is 2.34. The van der Waals surface area contributed by atoms with Gasteiger partial charge in [-0.1, -0.05) is 13.3 Å². The molecular formula is C9H15NO3. The summed E-state index contributed by atoms with van der Waals surface area (Å²) < 4.78 is 0. The van der Waals surface area contributed by atoms with Gasteiger partial charge >= 0.3 is 11.9 Å². The Labute approximate surface area is 77.5 Å². The third-order valence-corrected chi connectivity index (χ3v) is 2.18. The van der Waals surface area contributed by atoms with Crippen molar-refractivity contribution in [1.29, 1.82) is 0 Å². The summed E-state index contributed by atoms with van der Waals surface area (Å²) in [6.45, 7) is 2.61. The van der Waals surface area contributed by atoms with Gasteiger partial charge in [0, 0.05) is 12.6 Å². The Bertz CT molecular complexity index is 211. The van der Waals surface area contributed by atoms with E-state index < -0.39 is 11.9 Å². The van der Waals surface area contributed by atoms with Crippen molar-refractivity contribution in [3.05, 3.63) is 0 Å². The van der Waals surface area contributed by atoms with Crippen LogP contribution >= 0.6 is 0 Å². The predicted molar refractivity (Wildman–Crippen MR) is 47.3 cm³/mol. The first-order chi connectivity index (χ1) is 6.16. The van der Waals surface area contributed by atoms with Gasteiger partial charge in [0.05, 0.1) is 0 Å². The molecule has 0 bridgehead atoms. The van der Waals surface area contributed by atoms with Crippen molar-refractivity contribution in [3.8, 4) is 0 Å². The molecule has 0 aliphatic heterocycles. The van der Waals surface area contributed by atoms with Crippen LogP contribution in [0.3, 0.4) is 0 Å². The first-order valence-electron chi connectivity index (χ1n) is 4.70. The summed E-state index contributed by atoms with van der Waals surface area (Å²) in [7, 11) is 0. The average Bonchev–Trinajstić information content (AvgIpc) is 2.88. The van der Waals surface area contributed by atoms with Crippen LogP contribution in [0, 0.1) is 0 Å². The maximum absolute atomic E-state index is 11.2. The quantitative estimate of drug-likeness (QED) is 0.661. The molecule has 0 unspecified atom stereocenters. The zero-order valence-electron chi connectivity index (χ0n) is 7.82. The number of rotatable bonds is 4. The van der Waals surface area contributed by atoms with Crippen LogP contribution in [0.4, 0.5) is 0 Å². The van der Waals surface area contributed by atoms with Gasteiger partial charge in [-0.05, 0) is 19.3 Å². The van der Waals surface area contributed by atoms with Crippen molar-refractivity contribution in [2.45, 2.75) is 38.6 Å². The third kappa shape index (κ3) is 2.72. The molecule has 13 heavy (non-hydrogen) atoms. The molecule has 4 nitrogen and oxygen atoms in total. The van der Waals surface area contributed by atoms with E-state index in [2.05, 4.69) is 0 Å². The van der Waals surface area contributed by atoms with Crippen molar-refractivity contribution < 1.29 is 14.7 Å². The molecule has 0 spiro atoms. The van der Waals surface area contributed by atoms with Crippen LogP contribution in [0.15, 0.2) is 0 Å². The van der Waals surface area contributed by atoms with Crippen molar-refractivity contribution in [2.24, 2.45) is 0 Å². The maximum Gasteiger partial charge on any atom is 0.394 e. The van der Waals surface area contributed by atoms with Crippen molar-refractivity contribution >= 4 is 11.9 Å². The molecule has 1 amide bonds. The smallest absolute Gasteiger partial charge is 0.394 e. The second-order valence-corrected chi connectivity index (χ2v) is 3.39. The van der Waals surface area contributed by atoms with Gasteiger partial charge < -0.3 is 10.0 Å². The van der Waals surface area contributed by atoms with Gasteiger partial charge in [0.2, 0.25) is 0 Å². The van der Waals surface area contributed by atoms with Gasteiger partial charge in [-0.25, -0.2) is 4.79 Å². The normalized spacial score (nSPS) is 15.5. The molecular weight excluding hydrogens is 170 g/mol. The fraction of sp³-hybridized carbons (Fsp3) is 0.778. The van der Waals surface area contributed by atoms with Gasteiger partial charge in [0.15, 0.2) is 0 Å². The highest BCUT2D eigenvalue weighted by molar-refractivity contribution is 6.31. The molecule has 0 saturated heterocycles. The van der Waals surface area contributed by atoms with E-state index in [0.29, 0.717) is 6.54 Å². The number of amides is 1. The zero-order valence-corrected chi connectivity index (χ0v) is 7.82. The molecule has 0 heterocycles. The standard InChI is InChI=1S/C9H15NO3/c1-2-3-6-10(7-4-5-7)8(11)9(12)13/h7H,2-6H2,1H3,(H,12,13). The second-order valence-electron chi connectivity index (χ2n) is 3.39. The lowest BCUT2D eigenvalue weighted by Crippen LogP contribution is -2.38. The average molecular weight is 185 g/mol. The third-order valence-electron chi connectivity index (χ3n) is 2.18. The fourth-order valence-electron chi connectivity index (χ4n) is 1.29. The number of hydrogen-bond donors (Lipinski definition) is 1. The van der Waals surface area contributed by atoms with Crippen LogP contribution in [-0.2, 0) is 9.59 Å². The number of carbonyl (C=O) groups is 2. The molecule has 0 aromatic rings. The summed E-state index contributed by atoms with van der Waals surface area (Å²) in [4.78, 5) is 23.1. The lowest BCUT2D eigenvalue weighted by Gasteiger charge is -2.19. The summed E-state index contributed by atoms with van der Waals surface area (Å²) in [6.07, 6.45) is 3.79. The summed E-state index contributed by atoms with van der Waals surface area (Å²) in [6, 6.07) is 0.204. The SMILES string of the molecule is CCCCN(C(=O)C(=O)O)C1CC1. The molecule has 4 heteroatoms. The minimum atomic E-state index is -1.33. The molecule has 0 radical (unpaired) electrons. The predicted octanol–water partition coefficient (Wildman–Crippen LogP) is 0.862. The molecule has 0 aromatic heterocycles. The molecule has 74 valence electrons. The van der Waals surface area contributed by atoms with E-state index in [4.69, 9.17) is 5.11 Å². The Hall–Kier alpha value is -1.06. The zero-order chi connectivity index (χ0) is 9.84. The van der Waals surface area contributed by atoms with Crippen LogP contribution in [0.25, 0.3) is 0 Å². The Balaban J connectivity index is 2.46. The highest BCUT2D eigenvalue weighted by Crippen LogP contribution is 2.27. The first kappa shape index (κ1) is 10.0. The molecule has 1 fully saturated rings. The second kappa shape index (κ2) is 4.25. The number of unbranched alkanes of at least 4 members (excludes halogenated alkanes) is 1. The lowest BCUT2D eigenvalue weighted by atomic mass is 10.3. The van der Waals surface area contributed by atoms with E-state index in [0.717, 1.165) is 25.7 Å². The Morgan fingerprint density at radius 1 is 1.46 bits per heavy atom. The highest BCUT2D eigenvalue weighted by atomic mass is 16.4. The largest absolute Gasteiger partial charge is 0.474 e. The number of carboxylic acids is 1. The van der Waals surface area contributed by atoms with Crippen molar-refractivity contribution in [3.63, 3.8) is 0 Å². The van der Waals surface area contributed by atoms with E-state index in [1.807, 2.05) is 6.92 Å². The summed E-state index contributed by atoms with van der Waals surface area (Å²) in [5.41, 5.74) is 0. The van der Waals surface area contributed by atoms with Crippen LogP contribution in [0.5, 0.6) is 0 Å². The number of hydrogen-bond acceptors (Lipinski definition) is 2. The van der Waals surface area contributed by atoms with E-state index in [-0.39, 0.29) is 6.04 Å². The number of aliphatic carboxylic acids is 1. The Kier molecular flexibility index (Phi) is 3.28. The van der Waals surface area contributed by atoms with Crippen LogP contribution in [0.2, 0.25) is 0 Å². The van der Waals surface area contributed by atoms with Gasteiger partial charge in [-0.2, -0.15) is 0 Å². The molecule has 0 atom stereocenters. The molecule has 1 aliphatic carbocycles. The first-order valence-corrected chi connectivity index (χ1v) is 4.70. The molecule has 1 saturated carbocycles. The van der Waals surface area contributed by atoms with Crippen molar-refractivity contribution in [2.75, 3.05) is 6.54 Å². The molecule has 1 rings (SSSR count). The van der Waals surface area contributed by atoms with E-state index >= 15 is 0 Å². The number of carbonyl (C=O) groups excluding carboxylic acids is 1. The van der Waals surface area contributed by atoms with Gasteiger partial charge in [-0.15, -0.1) is 0 Å². The summed E-state index contributed by atoms with van der Waals surface area (Å²) in [5, 5.41) is 8.54. The maximum atomic E-state index is 11.2. The van der Waals surface area contributed by atoms with E-state index in [1.54, 1.807) is 0 Å². The van der Waals surface area contributed by atoms with E-state index in [1.165, 1.54) is 4.90 Å². The Morgan fingerprint density at radius 2 is 2.08 bits per heavy atom. The van der Waals surface area contributed by atoms with Crippen LogP contribution in [0.1, 0.15) is 32.6 Å². The van der Waals surface area contributed by atoms with Gasteiger partial charge in [-0.3, -0.25) is 4.79 Å². The lowest BCUT2D eigenvalue weighted by molar-refractivity contribution is -0.156. The fourth-order valence-corrected chi connectivity index (χ4v) is 1.29.